The Balaban J connectivity index is 2.37. The fraction of sp³-hybridized carbons (Fsp3) is 0.273. The van der Waals surface area contributed by atoms with Crippen molar-refractivity contribution in [1.82, 2.24) is 10.2 Å². The molecule has 1 aromatic heterocycles. The van der Waals surface area contributed by atoms with Crippen LogP contribution in [0.1, 0.15) is 11.5 Å². The molecule has 0 aliphatic heterocycles. The molecule has 2 aromatic rings. The van der Waals surface area contributed by atoms with Crippen molar-refractivity contribution in [3.8, 4) is 17.2 Å². The molecule has 0 radical (unpaired) electrons. The highest BCUT2D eigenvalue weighted by atomic mass is 35.5. The molecule has 0 bridgehead atoms. The van der Waals surface area contributed by atoms with Gasteiger partial charge in [-0.05, 0) is 30.7 Å². The highest BCUT2D eigenvalue weighted by Gasteiger charge is 2.09. The Morgan fingerprint density at radius 3 is 2.75 bits per heavy atom. The molecule has 0 amide bonds. The first-order valence-electron chi connectivity index (χ1n) is 4.78. The van der Waals surface area contributed by atoms with Crippen LogP contribution in [0.3, 0.4) is 0 Å². The summed E-state index contributed by atoms with van der Waals surface area (Å²) in [6, 6.07) is 5.68. The van der Waals surface area contributed by atoms with E-state index in [0.717, 1.165) is 16.9 Å². The van der Waals surface area contributed by atoms with Gasteiger partial charge in [0.25, 0.3) is 0 Å². The minimum Gasteiger partial charge on any atom is -0.496 e. The minimum atomic E-state index is 0.224. The van der Waals surface area contributed by atoms with Gasteiger partial charge in [0, 0.05) is 5.56 Å². The summed E-state index contributed by atoms with van der Waals surface area (Å²) in [6.07, 6.45) is 0. The van der Waals surface area contributed by atoms with Crippen molar-refractivity contribution in [2.75, 3.05) is 7.11 Å². The summed E-state index contributed by atoms with van der Waals surface area (Å²) in [6.45, 7) is 1.96. The fourth-order valence-electron chi connectivity index (χ4n) is 1.44. The van der Waals surface area contributed by atoms with E-state index in [1.54, 1.807) is 7.11 Å². The first kappa shape index (κ1) is 11.0. The molecular weight excluding hydrogens is 228 g/mol. The van der Waals surface area contributed by atoms with Gasteiger partial charge in [-0.3, -0.25) is 0 Å². The zero-order chi connectivity index (χ0) is 11.5. The number of alkyl halides is 1. The lowest BCUT2D eigenvalue weighted by atomic mass is 10.1. The van der Waals surface area contributed by atoms with Gasteiger partial charge < -0.3 is 9.15 Å². The number of methoxy groups -OCH3 is 1. The van der Waals surface area contributed by atoms with Crippen LogP contribution >= 0.6 is 11.6 Å². The van der Waals surface area contributed by atoms with E-state index in [1.165, 1.54) is 0 Å². The molecule has 5 heteroatoms. The van der Waals surface area contributed by atoms with E-state index in [-0.39, 0.29) is 5.88 Å². The number of aryl methyl sites for hydroxylation is 1. The van der Waals surface area contributed by atoms with Crippen molar-refractivity contribution in [3.63, 3.8) is 0 Å². The Morgan fingerprint density at radius 1 is 1.38 bits per heavy atom. The third kappa shape index (κ3) is 2.02. The summed E-state index contributed by atoms with van der Waals surface area (Å²) >= 11 is 5.59. The molecule has 0 saturated carbocycles. The summed E-state index contributed by atoms with van der Waals surface area (Å²) in [7, 11) is 1.64. The van der Waals surface area contributed by atoms with E-state index in [9.17, 15) is 0 Å². The predicted molar refractivity (Wildman–Crippen MR) is 60.6 cm³/mol. The van der Waals surface area contributed by atoms with Gasteiger partial charge in [0.1, 0.15) is 11.6 Å². The van der Waals surface area contributed by atoms with Crippen molar-refractivity contribution >= 4 is 11.6 Å². The third-order valence-electron chi connectivity index (χ3n) is 2.22. The van der Waals surface area contributed by atoms with Crippen LogP contribution in [0.4, 0.5) is 0 Å². The second kappa shape index (κ2) is 4.53. The molecule has 2 rings (SSSR count). The monoisotopic (exact) mass is 238 g/mol. The molecule has 84 valence electrons. The highest BCUT2D eigenvalue weighted by molar-refractivity contribution is 6.16. The van der Waals surface area contributed by atoms with Crippen LogP contribution in [0.5, 0.6) is 5.75 Å². The molecule has 0 unspecified atom stereocenters. The average molecular weight is 239 g/mol. The fourth-order valence-corrected chi connectivity index (χ4v) is 1.54. The Kier molecular flexibility index (Phi) is 3.10. The highest BCUT2D eigenvalue weighted by Crippen LogP contribution is 2.25. The molecule has 0 spiro atoms. The van der Waals surface area contributed by atoms with Gasteiger partial charge in [-0.15, -0.1) is 21.8 Å². The summed E-state index contributed by atoms with van der Waals surface area (Å²) in [4.78, 5) is 0. The van der Waals surface area contributed by atoms with Crippen LogP contribution in [0.15, 0.2) is 22.6 Å². The maximum atomic E-state index is 5.59. The van der Waals surface area contributed by atoms with Crippen LogP contribution in [0.25, 0.3) is 11.5 Å². The molecule has 0 atom stereocenters. The Bertz CT molecular complexity index is 496. The Morgan fingerprint density at radius 2 is 2.19 bits per heavy atom. The number of hydrogen-bond acceptors (Lipinski definition) is 4. The molecule has 0 N–H and O–H groups in total. The van der Waals surface area contributed by atoms with Gasteiger partial charge in [0.05, 0.1) is 7.11 Å². The maximum Gasteiger partial charge on any atom is 0.247 e. The number of ether oxygens (including phenoxy) is 1. The van der Waals surface area contributed by atoms with E-state index in [1.807, 2.05) is 25.1 Å². The first-order valence-corrected chi connectivity index (χ1v) is 5.31. The van der Waals surface area contributed by atoms with Crippen LogP contribution in [-0.2, 0) is 5.88 Å². The second-order valence-electron chi connectivity index (χ2n) is 3.32. The summed E-state index contributed by atoms with van der Waals surface area (Å²) in [5, 5.41) is 7.72. The van der Waals surface area contributed by atoms with E-state index in [4.69, 9.17) is 20.8 Å². The number of hydrogen-bond donors (Lipinski definition) is 0. The molecule has 0 aliphatic carbocycles. The van der Waals surface area contributed by atoms with E-state index >= 15 is 0 Å². The molecule has 0 saturated heterocycles. The van der Waals surface area contributed by atoms with E-state index in [2.05, 4.69) is 10.2 Å². The molecule has 4 nitrogen and oxygen atoms in total. The van der Waals surface area contributed by atoms with E-state index < -0.39 is 0 Å². The van der Waals surface area contributed by atoms with Gasteiger partial charge >= 0.3 is 0 Å². The van der Waals surface area contributed by atoms with Crippen LogP contribution in [-0.4, -0.2) is 17.3 Å². The molecule has 1 aromatic carbocycles. The second-order valence-corrected chi connectivity index (χ2v) is 3.59. The van der Waals surface area contributed by atoms with Crippen LogP contribution in [0.2, 0.25) is 0 Å². The normalized spacial score (nSPS) is 10.4. The first-order chi connectivity index (χ1) is 7.74. The third-order valence-corrected chi connectivity index (χ3v) is 2.45. The zero-order valence-electron chi connectivity index (χ0n) is 9.03. The van der Waals surface area contributed by atoms with Gasteiger partial charge in [-0.1, -0.05) is 0 Å². The molecular formula is C11H11ClN2O2. The van der Waals surface area contributed by atoms with E-state index in [0.29, 0.717) is 11.8 Å². The summed E-state index contributed by atoms with van der Waals surface area (Å²) in [5.74, 6) is 1.95. The lowest BCUT2D eigenvalue weighted by Gasteiger charge is -2.04. The smallest absolute Gasteiger partial charge is 0.247 e. The lowest BCUT2D eigenvalue weighted by Crippen LogP contribution is -1.87. The van der Waals surface area contributed by atoms with Crippen LogP contribution < -0.4 is 4.74 Å². The number of halogens is 1. The van der Waals surface area contributed by atoms with Crippen molar-refractivity contribution in [2.45, 2.75) is 12.8 Å². The van der Waals surface area contributed by atoms with Gasteiger partial charge in [0.2, 0.25) is 11.8 Å². The number of aromatic nitrogens is 2. The largest absolute Gasteiger partial charge is 0.496 e. The number of nitrogens with zero attached hydrogens (tertiary/aromatic N) is 2. The van der Waals surface area contributed by atoms with Crippen LogP contribution in [0, 0.1) is 6.92 Å². The van der Waals surface area contributed by atoms with Gasteiger partial charge in [0.15, 0.2) is 0 Å². The van der Waals surface area contributed by atoms with Crippen molar-refractivity contribution in [3.05, 3.63) is 29.7 Å². The Hall–Kier alpha value is -1.55. The maximum absolute atomic E-state index is 5.59. The van der Waals surface area contributed by atoms with Crippen molar-refractivity contribution in [2.24, 2.45) is 0 Å². The number of rotatable bonds is 3. The van der Waals surface area contributed by atoms with Gasteiger partial charge in [-0.25, -0.2) is 0 Å². The summed E-state index contributed by atoms with van der Waals surface area (Å²) in [5.41, 5.74) is 1.88. The topological polar surface area (TPSA) is 48.2 Å². The van der Waals surface area contributed by atoms with Gasteiger partial charge in [-0.2, -0.15) is 0 Å². The van der Waals surface area contributed by atoms with Crippen molar-refractivity contribution in [1.29, 1.82) is 0 Å². The minimum absolute atomic E-state index is 0.224. The standard InChI is InChI=1S/C11H11ClN2O2/c1-7-5-8(3-4-9(7)15-2)11-14-13-10(6-12)16-11/h3-5H,6H2,1-2H3. The molecule has 1 heterocycles. The summed E-state index contributed by atoms with van der Waals surface area (Å²) < 4.78 is 10.5. The molecule has 0 aliphatic rings. The lowest BCUT2D eigenvalue weighted by molar-refractivity contribution is 0.411. The predicted octanol–water partition coefficient (Wildman–Crippen LogP) is 2.79. The SMILES string of the molecule is COc1ccc(-c2nnc(CCl)o2)cc1C. The quantitative estimate of drug-likeness (QED) is 0.772. The molecule has 16 heavy (non-hydrogen) atoms. The Labute approximate surface area is 98.2 Å². The average Bonchev–Trinajstić information content (AvgIpc) is 2.77. The number of benzene rings is 1. The van der Waals surface area contributed by atoms with Crippen molar-refractivity contribution < 1.29 is 9.15 Å². The molecule has 0 fully saturated rings. The zero-order valence-corrected chi connectivity index (χ0v) is 9.78.